The van der Waals surface area contributed by atoms with Crippen molar-refractivity contribution >= 4 is 15.9 Å². The minimum atomic E-state index is 0.582. The lowest BCUT2D eigenvalue weighted by Crippen LogP contribution is -2.26. The Morgan fingerprint density at radius 2 is 1.45 bits per heavy atom. The highest BCUT2D eigenvalue weighted by atomic mass is 79.9. The molecule has 0 saturated heterocycles. The molecular formula is C15H32BrNO3. The van der Waals surface area contributed by atoms with Gasteiger partial charge in [0.25, 0.3) is 0 Å². The van der Waals surface area contributed by atoms with E-state index in [1.807, 2.05) is 0 Å². The van der Waals surface area contributed by atoms with Gasteiger partial charge in [-0.05, 0) is 26.4 Å². The molecule has 0 aliphatic heterocycles. The molecule has 1 atom stereocenters. The third-order valence-corrected chi connectivity index (χ3v) is 3.37. The molecule has 0 bridgehead atoms. The minimum Gasteiger partial charge on any atom is -0.379 e. The molecule has 122 valence electrons. The van der Waals surface area contributed by atoms with E-state index in [4.69, 9.17) is 14.2 Å². The summed E-state index contributed by atoms with van der Waals surface area (Å²) in [4.78, 5) is 2.87. The fraction of sp³-hybridized carbons (Fsp3) is 1.00. The van der Waals surface area contributed by atoms with Gasteiger partial charge in [0.1, 0.15) is 0 Å². The summed E-state index contributed by atoms with van der Waals surface area (Å²) < 4.78 is 16.4. The fourth-order valence-electron chi connectivity index (χ4n) is 1.52. The van der Waals surface area contributed by atoms with E-state index in [0.717, 1.165) is 39.1 Å². The molecule has 0 radical (unpaired) electrons. The molecule has 0 aromatic carbocycles. The molecule has 0 aromatic rings. The summed E-state index contributed by atoms with van der Waals surface area (Å²) in [7, 11) is 2.13. The largest absolute Gasteiger partial charge is 0.379 e. The van der Waals surface area contributed by atoms with E-state index >= 15 is 0 Å². The molecule has 0 aromatic heterocycles. The zero-order valence-corrected chi connectivity index (χ0v) is 15.0. The second-order valence-corrected chi connectivity index (χ2v) is 6.63. The van der Waals surface area contributed by atoms with E-state index in [1.165, 1.54) is 6.42 Å². The van der Waals surface area contributed by atoms with E-state index in [1.54, 1.807) is 0 Å². The van der Waals surface area contributed by atoms with E-state index in [-0.39, 0.29) is 0 Å². The van der Waals surface area contributed by atoms with Crippen molar-refractivity contribution in [2.24, 2.45) is 0 Å². The van der Waals surface area contributed by atoms with Gasteiger partial charge in [0.15, 0.2) is 0 Å². The van der Waals surface area contributed by atoms with Crippen molar-refractivity contribution < 1.29 is 14.2 Å². The van der Waals surface area contributed by atoms with Crippen molar-refractivity contribution in [2.75, 3.05) is 59.8 Å². The third kappa shape index (κ3) is 16.4. The highest BCUT2D eigenvalue weighted by molar-refractivity contribution is 9.09. The van der Waals surface area contributed by atoms with Crippen LogP contribution in [0.2, 0.25) is 0 Å². The van der Waals surface area contributed by atoms with Crippen LogP contribution in [-0.4, -0.2) is 69.5 Å². The second kappa shape index (κ2) is 15.7. The van der Waals surface area contributed by atoms with Gasteiger partial charge in [-0.25, -0.2) is 0 Å². The fourth-order valence-corrected chi connectivity index (χ4v) is 1.72. The second-order valence-electron chi connectivity index (χ2n) is 5.06. The molecule has 0 rings (SSSR count). The van der Waals surface area contributed by atoms with Crippen LogP contribution in [-0.2, 0) is 14.2 Å². The molecule has 0 aliphatic rings. The molecular weight excluding hydrogens is 322 g/mol. The predicted octanol–water partition coefficient (Wildman–Crippen LogP) is 2.94. The van der Waals surface area contributed by atoms with Crippen molar-refractivity contribution in [1.29, 1.82) is 0 Å². The summed E-state index contributed by atoms with van der Waals surface area (Å²) in [6.45, 7) is 10.7. The van der Waals surface area contributed by atoms with Crippen molar-refractivity contribution in [3.63, 3.8) is 0 Å². The van der Waals surface area contributed by atoms with Gasteiger partial charge >= 0.3 is 0 Å². The molecule has 0 fully saturated rings. The molecule has 5 heteroatoms. The first kappa shape index (κ1) is 20.3. The maximum Gasteiger partial charge on any atom is 0.0701 e. The van der Waals surface area contributed by atoms with Gasteiger partial charge < -0.3 is 19.1 Å². The van der Waals surface area contributed by atoms with Crippen LogP contribution in [0, 0.1) is 0 Å². The summed E-state index contributed by atoms with van der Waals surface area (Å²) in [6.07, 6.45) is 3.47. The Hall–Kier alpha value is 0.320. The standard InChI is InChI=1S/C15H32BrNO3/c1-4-5-9-18-11-13-20-14-12-19-10-8-17(3)7-6-15(2)16/h15H,4-14H2,1-3H3. The lowest BCUT2D eigenvalue weighted by Gasteiger charge is -2.17. The van der Waals surface area contributed by atoms with Gasteiger partial charge in [0, 0.05) is 18.0 Å². The first-order chi connectivity index (χ1) is 9.66. The van der Waals surface area contributed by atoms with Crippen LogP contribution in [0.3, 0.4) is 0 Å². The van der Waals surface area contributed by atoms with Crippen LogP contribution in [0.5, 0.6) is 0 Å². The first-order valence-electron chi connectivity index (χ1n) is 7.72. The van der Waals surface area contributed by atoms with Crippen molar-refractivity contribution in [2.45, 2.75) is 37.9 Å². The normalized spacial score (nSPS) is 13.1. The monoisotopic (exact) mass is 353 g/mol. The van der Waals surface area contributed by atoms with Crippen LogP contribution in [0.25, 0.3) is 0 Å². The number of ether oxygens (including phenoxy) is 3. The van der Waals surface area contributed by atoms with E-state index in [0.29, 0.717) is 31.3 Å². The van der Waals surface area contributed by atoms with Gasteiger partial charge in [0.2, 0.25) is 0 Å². The Kier molecular flexibility index (Phi) is 16.0. The lowest BCUT2D eigenvalue weighted by molar-refractivity contribution is 0.0111. The number of hydrogen-bond donors (Lipinski definition) is 0. The average molecular weight is 354 g/mol. The zero-order chi connectivity index (χ0) is 15.1. The van der Waals surface area contributed by atoms with Crippen LogP contribution in [0.1, 0.15) is 33.1 Å². The molecule has 0 amide bonds. The molecule has 0 N–H and O–H groups in total. The number of hydrogen-bond acceptors (Lipinski definition) is 4. The molecule has 20 heavy (non-hydrogen) atoms. The highest BCUT2D eigenvalue weighted by Gasteiger charge is 2.01. The summed E-state index contributed by atoms with van der Waals surface area (Å²) in [5, 5.41) is 0. The van der Waals surface area contributed by atoms with E-state index in [2.05, 4.69) is 41.7 Å². The van der Waals surface area contributed by atoms with Crippen LogP contribution in [0.4, 0.5) is 0 Å². The summed E-state index contributed by atoms with van der Waals surface area (Å²) >= 11 is 3.55. The average Bonchev–Trinajstić information content (AvgIpc) is 2.42. The summed E-state index contributed by atoms with van der Waals surface area (Å²) in [6, 6.07) is 0. The Morgan fingerprint density at radius 1 is 0.900 bits per heavy atom. The quantitative estimate of drug-likeness (QED) is 0.334. The van der Waals surface area contributed by atoms with Crippen LogP contribution < -0.4 is 0 Å². The number of likely N-dealkylation sites (N-methyl/N-ethyl adjacent to an activating group) is 1. The van der Waals surface area contributed by atoms with Gasteiger partial charge in [-0.15, -0.1) is 0 Å². The zero-order valence-electron chi connectivity index (χ0n) is 13.4. The van der Waals surface area contributed by atoms with Crippen LogP contribution >= 0.6 is 15.9 Å². The van der Waals surface area contributed by atoms with Gasteiger partial charge in [-0.3, -0.25) is 0 Å². The Balaban J connectivity index is 3.09. The van der Waals surface area contributed by atoms with Gasteiger partial charge in [-0.1, -0.05) is 36.2 Å². The Bertz CT molecular complexity index is 194. The topological polar surface area (TPSA) is 30.9 Å². The van der Waals surface area contributed by atoms with Crippen molar-refractivity contribution in [3.8, 4) is 0 Å². The van der Waals surface area contributed by atoms with E-state index in [9.17, 15) is 0 Å². The summed E-state index contributed by atoms with van der Waals surface area (Å²) in [5.74, 6) is 0. The Labute approximate surface area is 133 Å². The minimum absolute atomic E-state index is 0.582. The maximum absolute atomic E-state index is 5.54. The van der Waals surface area contributed by atoms with Crippen molar-refractivity contribution in [3.05, 3.63) is 0 Å². The highest BCUT2D eigenvalue weighted by Crippen LogP contribution is 2.03. The molecule has 4 nitrogen and oxygen atoms in total. The lowest BCUT2D eigenvalue weighted by atomic mass is 10.3. The molecule has 0 heterocycles. The predicted molar refractivity (Wildman–Crippen MR) is 87.9 cm³/mol. The number of halogens is 1. The summed E-state index contributed by atoms with van der Waals surface area (Å²) in [5.41, 5.74) is 0. The molecule has 1 unspecified atom stereocenters. The molecule has 0 spiro atoms. The van der Waals surface area contributed by atoms with Gasteiger partial charge in [0.05, 0.1) is 33.0 Å². The SMILES string of the molecule is CCCCOCCOCCOCCN(C)CCC(C)Br. The molecule has 0 aliphatic carbocycles. The molecule has 0 saturated carbocycles. The first-order valence-corrected chi connectivity index (χ1v) is 8.64. The van der Waals surface area contributed by atoms with Crippen LogP contribution in [0.15, 0.2) is 0 Å². The maximum atomic E-state index is 5.54. The van der Waals surface area contributed by atoms with E-state index < -0.39 is 0 Å². The van der Waals surface area contributed by atoms with Gasteiger partial charge in [-0.2, -0.15) is 0 Å². The number of rotatable bonds is 15. The smallest absolute Gasteiger partial charge is 0.0701 e. The number of nitrogens with zero attached hydrogens (tertiary/aromatic N) is 1. The van der Waals surface area contributed by atoms with Crippen molar-refractivity contribution in [1.82, 2.24) is 4.90 Å². The third-order valence-electron chi connectivity index (χ3n) is 2.91. The number of unbranched alkanes of at least 4 members (excludes halogenated alkanes) is 1. The number of alkyl halides is 1. The Morgan fingerprint density at radius 3 is 2.00 bits per heavy atom.